The van der Waals surface area contributed by atoms with Crippen molar-refractivity contribution < 1.29 is 19.4 Å². The van der Waals surface area contributed by atoms with Gasteiger partial charge in [-0.3, -0.25) is 0 Å². The number of rotatable bonds is 5. The molecule has 0 bridgehead atoms. The van der Waals surface area contributed by atoms with Crippen LogP contribution in [0.5, 0.6) is 0 Å². The number of halogens is 1. The zero-order chi connectivity index (χ0) is 26.0. The van der Waals surface area contributed by atoms with Crippen molar-refractivity contribution in [2.45, 2.75) is 65.8 Å². The molecule has 3 aromatic carbocycles. The van der Waals surface area contributed by atoms with E-state index >= 15 is 0 Å². The molecule has 0 amide bonds. The quantitative estimate of drug-likeness (QED) is 0.307. The summed E-state index contributed by atoms with van der Waals surface area (Å²) in [6, 6.07) is 15.5. The Hall–Kier alpha value is -2.84. The molecule has 0 spiro atoms. The molecule has 3 aromatic rings. The van der Waals surface area contributed by atoms with Crippen molar-refractivity contribution in [3.05, 3.63) is 70.2 Å². The number of benzene rings is 3. The molecule has 0 radical (unpaired) electrons. The molecule has 0 aliphatic carbocycles. The van der Waals surface area contributed by atoms with Crippen LogP contribution in [0.3, 0.4) is 0 Å². The number of carbonyl (C=O) groups is 1. The Bertz CT molecular complexity index is 1280. The normalized spacial score (nSPS) is 12.7. The van der Waals surface area contributed by atoms with Crippen LogP contribution >= 0.6 is 11.6 Å². The van der Waals surface area contributed by atoms with Crippen LogP contribution < -0.4 is 0 Å². The smallest absolute Gasteiger partial charge is 0.339 e. The molecule has 0 fully saturated rings. The Morgan fingerprint density at radius 2 is 1.71 bits per heavy atom. The Kier molecular flexibility index (Phi) is 7.97. The van der Waals surface area contributed by atoms with Gasteiger partial charge >= 0.3 is 5.97 Å². The van der Waals surface area contributed by atoms with Gasteiger partial charge in [0.1, 0.15) is 5.60 Å². The zero-order valence-electron chi connectivity index (χ0n) is 21.5. The van der Waals surface area contributed by atoms with Gasteiger partial charge in [0.25, 0.3) is 0 Å². The van der Waals surface area contributed by atoms with Gasteiger partial charge in [-0.1, -0.05) is 47.7 Å². The molecular weight excluding hydrogens is 460 g/mol. The first-order valence-corrected chi connectivity index (χ1v) is 12.1. The predicted octanol–water partition coefficient (Wildman–Crippen LogP) is 7.01. The van der Waals surface area contributed by atoms with Crippen molar-refractivity contribution in [3.63, 3.8) is 0 Å². The number of carbonyl (C=O) groups excluding carboxylic acids is 1. The minimum absolute atomic E-state index is 0.252. The summed E-state index contributed by atoms with van der Waals surface area (Å²) < 4.78 is 11.8. The minimum Gasteiger partial charge on any atom is -0.464 e. The highest BCUT2D eigenvalue weighted by Gasteiger charge is 2.32. The first-order chi connectivity index (χ1) is 16.3. The maximum atomic E-state index is 13.2. The summed E-state index contributed by atoms with van der Waals surface area (Å²) in [6.45, 7) is 13.1. The van der Waals surface area contributed by atoms with Crippen molar-refractivity contribution in [3.8, 4) is 23.0 Å². The second-order valence-electron chi connectivity index (χ2n) is 10.1. The summed E-state index contributed by atoms with van der Waals surface area (Å²) in [5.74, 6) is 5.51. The highest BCUT2D eigenvalue weighted by atomic mass is 35.5. The first kappa shape index (κ1) is 26.8. The summed E-state index contributed by atoms with van der Waals surface area (Å²) >= 11 is 6.20. The molecule has 0 aliphatic heterocycles. The second-order valence-corrected chi connectivity index (χ2v) is 10.5. The third-order valence-corrected chi connectivity index (χ3v) is 5.52. The van der Waals surface area contributed by atoms with Gasteiger partial charge in [0.15, 0.2) is 6.10 Å². The molecule has 184 valence electrons. The van der Waals surface area contributed by atoms with Crippen molar-refractivity contribution >= 4 is 28.3 Å². The molecule has 0 saturated heterocycles. The summed E-state index contributed by atoms with van der Waals surface area (Å²) in [6.07, 6.45) is -0.920. The van der Waals surface area contributed by atoms with E-state index in [-0.39, 0.29) is 6.61 Å². The van der Waals surface area contributed by atoms with Crippen LogP contribution in [-0.2, 0) is 14.3 Å². The van der Waals surface area contributed by atoms with Gasteiger partial charge in [-0.05, 0) is 100 Å². The lowest BCUT2D eigenvalue weighted by atomic mass is 9.86. The van der Waals surface area contributed by atoms with E-state index in [1.54, 1.807) is 20.8 Å². The molecule has 4 nitrogen and oxygen atoms in total. The Morgan fingerprint density at radius 3 is 2.29 bits per heavy atom. The van der Waals surface area contributed by atoms with Gasteiger partial charge in [-0.15, -0.1) is 0 Å². The number of esters is 1. The topological polar surface area (TPSA) is 55.8 Å². The van der Waals surface area contributed by atoms with Crippen LogP contribution in [0.2, 0.25) is 5.02 Å². The van der Waals surface area contributed by atoms with E-state index in [0.717, 1.165) is 38.6 Å². The maximum Gasteiger partial charge on any atom is 0.339 e. The molecule has 0 saturated carbocycles. The van der Waals surface area contributed by atoms with Crippen molar-refractivity contribution in [2.24, 2.45) is 0 Å². The number of fused-ring (bicyclic) bond motifs is 1. The molecule has 1 atom stereocenters. The van der Waals surface area contributed by atoms with Crippen LogP contribution in [0.25, 0.3) is 21.9 Å². The summed E-state index contributed by atoms with van der Waals surface area (Å²) in [5.41, 5.74) is 2.50. The average Bonchev–Trinajstić information content (AvgIpc) is 2.75. The van der Waals surface area contributed by atoms with Crippen molar-refractivity contribution in [2.75, 3.05) is 6.61 Å². The van der Waals surface area contributed by atoms with Crippen molar-refractivity contribution in [1.82, 2.24) is 0 Å². The molecule has 5 heteroatoms. The largest absolute Gasteiger partial charge is 0.464 e. The van der Waals surface area contributed by atoms with Crippen LogP contribution in [-0.4, -0.2) is 28.9 Å². The number of hydrogen-bond donors (Lipinski definition) is 1. The first-order valence-electron chi connectivity index (χ1n) is 11.7. The van der Waals surface area contributed by atoms with E-state index in [0.29, 0.717) is 5.02 Å². The second kappa shape index (κ2) is 10.4. The summed E-state index contributed by atoms with van der Waals surface area (Å²) in [4.78, 5) is 13.2. The molecule has 0 heterocycles. The standard InChI is InChI=1S/C30H33ClO4/c1-8-34-28(32)27(35-29(3,4)5)25-19(2)17-22-10-9-20(15-16-30(6,7)33)18-24(22)26(25)21-11-13-23(31)14-12-21/h9-14,17-18,27,33H,8H2,1-7H3. The fourth-order valence-corrected chi connectivity index (χ4v) is 4.04. The van der Waals surface area contributed by atoms with Gasteiger partial charge in [-0.25, -0.2) is 4.79 Å². The number of hydrogen-bond acceptors (Lipinski definition) is 4. The third kappa shape index (κ3) is 6.86. The van der Waals surface area contributed by atoms with E-state index in [1.807, 2.05) is 70.2 Å². The number of ether oxygens (including phenoxy) is 2. The maximum absolute atomic E-state index is 13.2. The molecule has 0 aliphatic rings. The predicted molar refractivity (Wildman–Crippen MR) is 143 cm³/mol. The molecule has 35 heavy (non-hydrogen) atoms. The van der Waals surface area contributed by atoms with Gasteiger partial charge in [0, 0.05) is 16.1 Å². The van der Waals surface area contributed by atoms with Gasteiger partial charge in [-0.2, -0.15) is 0 Å². The van der Waals surface area contributed by atoms with Gasteiger partial charge in [0.05, 0.1) is 12.2 Å². The number of aliphatic hydroxyl groups is 1. The lowest BCUT2D eigenvalue weighted by molar-refractivity contribution is -0.166. The number of aryl methyl sites for hydroxylation is 1. The van der Waals surface area contributed by atoms with E-state index in [4.69, 9.17) is 21.1 Å². The van der Waals surface area contributed by atoms with Gasteiger partial charge < -0.3 is 14.6 Å². The fraction of sp³-hybridized carbons (Fsp3) is 0.367. The summed E-state index contributed by atoms with van der Waals surface area (Å²) in [5, 5.41) is 12.6. The molecular formula is C30H33ClO4. The average molecular weight is 493 g/mol. The van der Waals surface area contributed by atoms with Crippen LogP contribution in [0.4, 0.5) is 0 Å². The summed E-state index contributed by atoms with van der Waals surface area (Å²) in [7, 11) is 0. The van der Waals surface area contributed by atoms with E-state index in [9.17, 15) is 9.90 Å². The zero-order valence-corrected chi connectivity index (χ0v) is 22.2. The Morgan fingerprint density at radius 1 is 1.06 bits per heavy atom. The highest BCUT2D eigenvalue weighted by molar-refractivity contribution is 6.30. The monoisotopic (exact) mass is 492 g/mol. The van der Waals surface area contributed by atoms with E-state index in [2.05, 4.69) is 17.9 Å². The lowest BCUT2D eigenvalue weighted by Crippen LogP contribution is -2.29. The Balaban J connectivity index is 2.40. The molecule has 1 unspecified atom stereocenters. The van der Waals surface area contributed by atoms with Crippen LogP contribution in [0.1, 0.15) is 64.3 Å². The molecule has 3 rings (SSSR count). The molecule has 0 aromatic heterocycles. The van der Waals surface area contributed by atoms with E-state index in [1.165, 1.54) is 0 Å². The third-order valence-electron chi connectivity index (χ3n) is 5.27. The molecule has 1 N–H and O–H groups in total. The lowest BCUT2D eigenvalue weighted by Gasteiger charge is -2.29. The van der Waals surface area contributed by atoms with Crippen LogP contribution in [0.15, 0.2) is 48.5 Å². The van der Waals surface area contributed by atoms with Crippen LogP contribution in [0, 0.1) is 18.8 Å². The SMILES string of the molecule is CCOC(=O)C(OC(C)(C)C)c1c(C)cc2ccc(C#CC(C)(C)O)cc2c1-c1ccc(Cl)cc1. The Labute approximate surface area is 213 Å². The van der Waals surface area contributed by atoms with Gasteiger partial charge in [0.2, 0.25) is 0 Å². The minimum atomic E-state index is -1.11. The fourth-order valence-electron chi connectivity index (χ4n) is 3.92. The van der Waals surface area contributed by atoms with E-state index < -0.39 is 23.3 Å². The highest BCUT2D eigenvalue weighted by Crippen LogP contribution is 2.41. The van der Waals surface area contributed by atoms with Crippen molar-refractivity contribution in [1.29, 1.82) is 0 Å².